The molecule has 0 bridgehead atoms. The van der Waals surface area contributed by atoms with Crippen LogP contribution in [0, 0.1) is 0 Å². The molecule has 0 aromatic carbocycles. The molecule has 5 heterocycles. The number of nitrogens with zero attached hydrogens (tertiary/aromatic N) is 7. The summed E-state index contributed by atoms with van der Waals surface area (Å²) in [6.45, 7) is 0.577. The van der Waals surface area contributed by atoms with Gasteiger partial charge in [-0.3, -0.25) is 0 Å². The van der Waals surface area contributed by atoms with Crippen LogP contribution in [0.3, 0.4) is 0 Å². The zero-order valence-corrected chi connectivity index (χ0v) is 20.9. The van der Waals surface area contributed by atoms with Crippen LogP contribution in [-0.4, -0.2) is 61.5 Å². The summed E-state index contributed by atoms with van der Waals surface area (Å²) in [4.78, 5) is 22.0. The Morgan fingerprint density at radius 1 is 1.15 bits per heavy atom. The standard InChI is InChI=1S/C22H19ClF5N9O2/c1-11(39-2)18-15(7-29-17-4-16(23)34-37(17)18)33-20(38)32-12-3-14(22(26,27)28)19(30-5-12)36-8-13(6-31-36)35-9-21(24,25)10-35/h3-8,11H,9-10H2,1-2H3,(H2,32,33,38)/t11-/m0/s1. The Morgan fingerprint density at radius 3 is 2.56 bits per heavy atom. The smallest absolute Gasteiger partial charge is 0.375 e. The fourth-order valence-electron chi connectivity index (χ4n) is 4.01. The summed E-state index contributed by atoms with van der Waals surface area (Å²) in [7, 11) is 1.44. The number of carbonyl (C=O) groups excluding carboxylic acids is 1. The molecule has 17 heteroatoms. The van der Waals surface area contributed by atoms with Crippen molar-refractivity contribution in [1.82, 2.24) is 29.4 Å². The highest BCUT2D eigenvalue weighted by Crippen LogP contribution is 2.36. The Bertz CT molecular complexity index is 1550. The first-order valence-electron chi connectivity index (χ1n) is 11.2. The largest absolute Gasteiger partial charge is 0.420 e. The molecule has 5 rings (SSSR count). The first-order valence-corrected chi connectivity index (χ1v) is 11.6. The van der Waals surface area contributed by atoms with E-state index in [0.29, 0.717) is 17.4 Å². The lowest BCUT2D eigenvalue weighted by molar-refractivity contribution is -0.137. The van der Waals surface area contributed by atoms with Gasteiger partial charge in [-0.05, 0) is 13.0 Å². The van der Waals surface area contributed by atoms with Crippen LogP contribution in [-0.2, 0) is 10.9 Å². The van der Waals surface area contributed by atoms with E-state index in [-0.39, 0.29) is 22.2 Å². The summed E-state index contributed by atoms with van der Waals surface area (Å²) in [5.41, 5.74) is -0.284. The number of anilines is 3. The molecule has 0 unspecified atom stereocenters. The van der Waals surface area contributed by atoms with Crippen LogP contribution in [0.5, 0.6) is 0 Å². The third-order valence-electron chi connectivity index (χ3n) is 5.90. The molecule has 39 heavy (non-hydrogen) atoms. The lowest BCUT2D eigenvalue weighted by atomic mass is 10.1. The molecule has 0 aliphatic carbocycles. The van der Waals surface area contributed by atoms with Crippen LogP contribution < -0.4 is 15.5 Å². The SMILES string of the molecule is CO[C@@H](C)c1c(NC(=O)Nc2cnc(-n3cc(N4CC(F)(F)C4)cn3)c(C(F)(F)F)c2)cnc2cc(Cl)nn12. The minimum atomic E-state index is -4.87. The van der Waals surface area contributed by atoms with Gasteiger partial charge in [0.2, 0.25) is 0 Å². The Morgan fingerprint density at radius 2 is 1.90 bits per heavy atom. The Balaban J connectivity index is 1.39. The molecule has 0 radical (unpaired) electrons. The van der Waals surface area contributed by atoms with E-state index in [2.05, 4.69) is 30.8 Å². The van der Waals surface area contributed by atoms with Crippen LogP contribution >= 0.6 is 11.6 Å². The van der Waals surface area contributed by atoms with Crippen LogP contribution in [0.15, 0.2) is 36.9 Å². The second-order valence-corrected chi connectivity index (χ2v) is 9.09. The minimum Gasteiger partial charge on any atom is -0.375 e. The molecule has 4 aromatic heterocycles. The monoisotopic (exact) mass is 571 g/mol. The lowest BCUT2D eigenvalue weighted by Gasteiger charge is -2.39. The lowest BCUT2D eigenvalue weighted by Crippen LogP contribution is -2.56. The molecule has 0 saturated carbocycles. The van der Waals surface area contributed by atoms with E-state index in [9.17, 15) is 26.7 Å². The number of urea groups is 1. The van der Waals surface area contributed by atoms with Crippen molar-refractivity contribution < 1.29 is 31.5 Å². The van der Waals surface area contributed by atoms with E-state index in [4.69, 9.17) is 16.3 Å². The number of pyridine rings is 1. The van der Waals surface area contributed by atoms with Crippen LogP contribution in [0.25, 0.3) is 11.5 Å². The Kier molecular flexibility index (Phi) is 6.54. The van der Waals surface area contributed by atoms with Crippen LogP contribution in [0.2, 0.25) is 5.15 Å². The fourth-order valence-corrected chi connectivity index (χ4v) is 4.18. The molecular weight excluding hydrogens is 553 g/mol. The number of aromatic nitrogens is 6. The topological polar surface area (TPSA) is 114 Å². The number of fused-ring (bicyclic) bond motifs is 1. The van der Waals surface area contributed by atoms with E-state index >= 15 is 0 Å². The maximum Gasteiger partial charge on any atom is 0.420 e. The number of methoxy groups -OCH3 is 1. The third-order valence-corrected chi connectivity index (χ3v) is 6.09. The molecule has 1 aliphatic rings. The van der Waals surface area contributed by atoms with Gasteiger partial charge in [0.15, 0.2) is 16.6 Å². The molecule has 1 aliphatic heterocycles. The van der Waals surface area contributed by atoms with E-state index in [0.717, 1.165) is 10.9 Å². The number of alkyl halides is 5. The van der Waals surface area contributed by atoms with Crippen molar-refractivity contribution in [2.24, 2.45) is 0 Å². The van der Waals surface area contributed by atoms with Gasteiger partial charge in [0, 0.05) is 13.2 Å². The normalized spacial score (nSPS) is 15.7. The van der Waals surface area contributed by atoms with Crippen molar-refractivity contribution in [1.29, 1.82) is 0 Å². The number of hydrogen-bond acceptors (Lipinski definition) is 7. The van der Waals surface area contributed by atoms with Crippen molar-refractivity contribution in [3.63, 3.8) is 0 Å². The summed E-state index contributed by atoms with van der Waals surface area (Å²) in [5.74, 6) is -3.45. The van der Waals surface area contributed by atoms with E-state index < -0.39 is 48.7 Å². The highest BCUT2D eigenvalue weighted by Gasteiger charge is 2.44. The van der Waals surface area contributed by atoms with E-state index in [1.54, 1.807) is 6.92 Å². The van der Waals surface area contributed by atoms with Gasteiger partial charge < -0.3 is 20.3 Å². The number of nitrogens with one attached hydrogen (secondary N) is 2. The van der Waals surface area contributed by atoms with Gasteiger partial charge in [0.25, 0.3) is 5.92 Å². The summed E-state index contributed by atoms with van der Waals surface area (Å²) in [6.07, 6.45) is -0.744. The van der Waals surface area contributed by atoms with Gasteiger partial charge in [-0.15, -0.1) is 0 Å². The van der Waals surface area contributed by atoms with Gasteiger partial charge in [0.1, 0.15) is 5.56 Å². The van der Waals surface area contributed by atoms with Gasteiger partial charge >= 0.3 is 12.2 Å². The average molecular weight is 572 g/mol. The quantitative estimate of drug-likeness (QED) is 0.320. The molecule has 1 atom stereocenters. The van der Waals surface area contributed by atoms with E-state index in [1.165, 1.54) is 41.2 Å². The van der Waals surface area contributed by atoms with Crippen LogP contribution in [0.1, 0.15) is 24.3 Å². The summed E-state index contributed by atoms with van der Waals surface area (Å²) in [5, 5.41) is 13.0. The van der Waals surface area contributed by atoms with Crippen LogP contribution in [0.4, 0.5) is 43.8 Å². The number of halogens is 6. The zero-order chi connectivity index (χ0) is 28.1. The van der Waals surface area contributed by atoms with Gasteiger partial charge in [-0.1, -0.05) is 11.6 Å². The summed E-state index contributed by atoms with van der Waals surface area (Å²) < 4.78 is 75.7. The predicted molar refractivity (Wildman–Crippen MR) is 130 cm³/mol. The van der Waals surface area contributed by atoms with E-state index in [1.807, 2.05) is 0 Å². The molecule has 4 aromatic rings. The molecule has 0 spiro atoms. The Labute approximate surface area is 221 Å². The molecule has 2 amide bonds. The highest BCUT2D eigenvalue weighted by molar-refractivity contribution is 6.29. The fraction of sp³-hybridized carbons (Fsp3) is 0.318. The average Bonchev–Trinajstić information content (AvgIpc) is 3.47. The van der Waals surface area contributed by atoms with Gasteiger partial charge in [-0.25, -0.2) is 32.7 Å². The van der Waals surface area contributed by atoms with Crippen molar-refractivity contribution in [2.75, 3.05) is 35.7 Å². The molecular formula is C22H19ClF5N9O2. The molecule has 2 N–H and O–H groups in total. The van der Waals surface area contributed by atoms with Gasteiger partial charge in [0.05, 0.1) is 66.7 Å². The minimum absolute atomic E-state index is 0.159. The van der Waals surface area contributed by atoms with Crippen molar-refractivity contribution in [3.8, 4) is 5.82 Å². The van der Waals surface area contributed by atoms with Crippen molar-refractivity contribution >= 4 is 40.3 Å². The maximum atomic E-state index is 13.9. The number of ether oxygens (including phenoxy) is 1. The second kappa shape index (κ2) is 9.60. The van der Waals surface area contributed by atoms with Crippen molar-refractivity contribution in [2.45, 2.75) is 25.1 Å². The first-order chi connectivity index (χ1) is 18.3. The molecule has 1 saturated heterocycles. The summed E-state index contributed by atoms with van der Waals surface area (Å²) >= 11 is 5.97. The zero-order valence-electron chi connectivity index (χ0n) is 20.2. The first kappa shape index (κ1) is 26.6. The third kappa shape index (κ3) is 5.29. The summed E-state index contributed by atoms with van der Waals surface area (Å²) in [6, 6.07) is 1.31. The maximum absolute atomic E-state index is 13.9. The predicted octanol–water partition coefficient (Wildman–Crippen LogP) is 4.79. The molecule has 11 nitrogen and oxygen atoms in total. The van der Waals surface area contributed by atoms with Gasteiger partial charge in [-0.2, -0.15) is 23.4 Å². The number of carbonyl (C=O) groups is 1. The van der Waals surface area contributed by atoms with Crippen molar-refractivity contribution in [3.05, 3.63) is 53.3 Å². The molecule has 1 fully saturated rings. The number of rotatable bonds is 6. The molecule has 206 valence electrons. The Hall–Kier alpha value is -4.05. The second-order valence-electron chi connectivity index (χ2n) is 8.70. The highest BCUT2D eigenvalue weighted by atomic mass is 35.5. The number of amides is 2. The number of hydrogen-bond donors (Lipinski definition) is 2.